The number of nitrogens with one attached hydrogen (secondary N) is 2. The molecule has 1 fully saturated rings. The van der Waals surface area contributed by atoms with Crippen LogP contribution in [0.4, 0.5) is 0 Å². The first-order valence-electron chi connectivity index (χ1n) is 12.0. The number of nitrogens with zero attached hydrogens (tertiary/aromatic N) is 2. The van der Waals surface area contributed by atoms with E-state index >= 15 is 0 Å². The molecule has 0 spiro atoms. The van der Waals surface area contributed by atoms with E-state index in [1.807, 2.05) is 42.5 Å². The SMILES string of the molecule is COc1cc(CCc2cc(-c3nc4ccc(C(=O)CC5CCOCC5)cc4[nH]3)n[nH]2)cc(OC)c1. The smallest absolute Gasteiger partial charge is 0.163 e. The topological polar surface area (TPSA) is 102 Å². The average Bonchev–Trinajstić information content (AvgIpc) is 3.54. The van der Waals surface area contributed by atoms with Crippen LogP contribution in [0.15, 0.2) is 42.5 Å². The zero-order valence-corrected chi connectivity index (χ0v) is 20.1. The van der Waals surface area contributed by atoms with Crippen molar-refractivity contribution in [2.75, 3.05) is 27.4 Å². The summed E-state index contributed by atoms with van der Waals surface area (Å²) in [6.45, 7) is 1.50. The predicted molar refractivity (Wildman–Crippen MR) is 133 cm³/mol. The van der Waals surface area contributed by atoms with Gasteiger partial charge in [0, 0.05) is 37.0 Å². The predicted octanol–water partition coefficient (Wildman–Crippen LogP) is 4.75. The van der Waals surface area contributed by atoms with Crippen molar-refractivity contribution in [2.45, 2.75) is 32.1 Å². The van der Waals surface area contributed by atoms with E-state index in [4.69, 9.17) is 14.2 Å². The zero-order valence-electron chi connectivity index (χ0n) is 20.1. The first kappa shape index (κ1) is 23.1. The van der Waals surface area contributed by atoms with E-state index in [1.54, 1.807) is 14.2 Å². The van der Waals surface area contributed by atoms with E-state index in [-0.39, 0.29) is 5.78 Å². The van der Waals surface area contributed by atoms with Gasteiger partial charge in [-0.25, -0.2) is 4.98 Å². The molecule has 2 N–H and O–H groups in total. The molecule has 0 unspecified atom stereocenters. The fraction of sp³-hybridized carbons (Fsp3) is 0.370. The molecule has 35 heavy (non-hydrogen) atoms. The van der Waals surface area contributed by atoms with Gasteiger partial charge >= 0.3 is 0 Å². The number of imidazole rings is 1. The number of fused-ring (bicyclic) bond motifs is 1. The Morgan fingerprint density at radius 3 is 2.54 bits per heavy atom. The van der Waals surface area contributed by atoms with E-state index in [0.29, 0.717) is 18.2 Å². The van der Waals surface area contributed by atoms with Crippen LogP contribution in [0, 0.1) is 5.92 Å². The second kappa shape index (κ2) is 10.3. The van der Waals surface area contributed by atoms with Crippen LogP contribution >= 0.6 is 0 Å². The van der Waals surface area contributed by atoms with Crippen LogP contribution in [0.5, 0.6) is 11.5 Å². The molecule has 0 saturated carbocycles. The minimum absolute atomic E-state index is 0.172. The van der Waals surface area contributed by atoms with Crippen LogP contribution in [0.2, 0.25) is 0 Å². The molecule has 2 aromatic carbocycles. The Kier molecular flexibility index (Phi) is 6.81. The maximum Gasteiger partial charge on any atom is 0.163 e. The lowest BCUT2D eigenvalue weighted by molar-refractivity contribution is 0.0601. The third-order valence-corrected chi connectivity index (χ3v) is 6.59. The summed E-state index contributed by atoms with van der Waals surface area (Å²) in [6, 6.07) is 13.6. The van der Waals surface area contributed by atoms with E-state index in [2.05, 4.69) is 20.2 Å². The second-order valence-electron chi connectivity index (χ2n) is 9.00. The number of Topliss-reactive ketones (excluding diaryl/α,β-unsaturated/α-hetero) is 1. The fourth-order valence-corrected chi connectivity index (χ4v) is 4.54. The van der Waals surface area contributed by atoms with Gasteiger partial charge in [-0.1, -0.05) is 0 Å². The van der Waals surface area contributed by atoms with Crippen molar-refractivity contribution < 1.29 is 19.0 Å². The number of ether oxygens (including phenoxy) is 3. The van der Waals surface area contributed by atoms with Gasteiger partial charge in [-0.2, -0.15) is 5.10 Å². The molecule has 1 aliphatic rings. The first-order chi connectivity index (χ1) is 17.1. The van der Waals surface area contributed by atoms with Crippen LogP contribution in [0.3, 0.4) is 0 Å². The van der Waals surface area contributed by atoms with Gasteiger partial charge in [0.15, 0.2) is 11.6 Å². The Morgan fingerprint density at radius 2 is 1.80 bits per heavy atom. The molecular weight excluding hydrogens is 444 g/mol. The van der Waals surface area contributed by atoms with Crippen molar-refractivity contribution in [1.82, 2.24) is 20.2 Å². The molecule has 0 atom stereocenters. The van der Waals surface area contributed by atoms with Crippen molar-refractivity contribution in [2.24, 2.45) is 5.92 Å². The van der Waals surface area contributed by atoms with Crippen LogP contribution in [-0.4, -0.2) is 53.4 Å². The van der Waals surface area contributed by atoms with Crippen molar-refractivity contribution >= 4 is 16.8 Å². The highest BCUT2D eigenvalue weighted by Gasteiger charge is 2.19. The van der Waals surface area contributed by atoms with Crippen LogP contribution in [0.1, 0.15) is 40.9 Å². The van der Waals surface area contributed by atoms with Crippen LogP contribution in [-0.2, 0) is 17.6 Å². The number of aromatic nitrogens is 4. The Morgan fingerprint density at radius 1 is 1.03 bits per heavy atom. The number of ketones is 1. The van der Waals surface area contributed by atoms with Gasteiger partial charge < -0.3 is 19.2 Å². The lowest BCUT2D eigenvalue weighted by atomic mass is 9.92. The van der Waals surface area contributed by atoms with Crippen LogP contribution < -0.4 is 9.47 Å². The number of aromatic amines is 2. The molecule has 1 saturated heterocycles. The largest absolute Gasteiger partial charge is 0.497 e. The number of aryl methyl sites for hydroxylation is 2. The summed E-state index contributed by atoms with van der Waals surface area (Å²) >= 11 is 0. The number of H-pyrrole nitrogens is 2. The Bertz CT molecular complexity index is 1300. The number of methoxy groups -OCH3 is 2. The molecule has 8 heteroatoms. The van der Waals surface area contributed by atoms with Crippen molar-refractivity contribution in [3.05, 3.63) is 59.3 Å². The number of hydrogen-bond donors (Lipinski definition) is 2. The number of hydrogen-bond acceptors (Lipinski definition) is 6. The first-order valence-corrected chi connectivity index (χ1v) is 12.0. The molecular formula is C27H30N4O4. The number of carbonyl (C=O) groups excluding carboxylic acids is 1. The minimum Gasteiger partial charge on any atom is -0.497 e. The normalized spacial score (nSPS) is 14.3. The molecule has 0 bridgehead atoms. The van der Waals surface area contributed by atoms with Gasteiger partial charge in [-0.3, -0.25) is 9.89 Å². The molecule has 0 radical (unpaired) electrons. The number of benzene rings is 2. The summed E-state index contributed by atoms with van der Waals surface area (Å²) in [7, 11) is 3.30. The summed E-state index contributed by atoms with van der Waals surface area (Å²) in [5.41, 5.74) is 5.25. The minimum atomic E-state index is 0.172. The summed E-state index contributed by atoms with van der Waals surface area (Å²) < 4.78 is 16.1. The van der Waals surface area contributed by atoms with Crippen molar-refractivity contribution in [3.8, 4) is 23.0 Å². The van der Waals surface area contributed by atoms with Gasteiger partial charge in [0.1, 0.15) is 17.2 Å². The fourth-order valence-electron chi connectivity index (χ4n) is 4.54. The van der Waals surface area contributed by atoms with Crippen molar-refractivity contribution in [3.63, 3.8) is 0 Å². The monoisotopic (exact) mass is 474 g/mol. The van der Waals surface area contributed by atoms with Crippen LogP contribution in [0.25, 0.3) is 22.6 Å². The lowest BCUT2D eigenvalue weighted by Crippen LogP contribution is -2.18. The highest BCUT2D eigenvalue weighted by molar-refractivity contribution is 5.99. The molecule has 0 aliphatic carbocycles. The molecule has 2 aromatic heterocycles. The summed E-state index contributed by atoms with van der Waals surface area (Å²) in [5.74, 6) is 2.81. The molecule has 5 rings (SSSR count). The summed E-state index contributed by atoms with van der Waals surface area (Å²) in [6.07, 6.45) is 4.07. The quantitative estimate of drug-likeness (QED) is 0.339. The third kappa shape index (κ3) is 5.38. The van der Waals surface area contributed by atoms with E-state index < -0.39 is 0 Å². The second-order valence-corrected chi connectivity index (χ2v) is 9.00. The Hall–Kier alpha value is -3.65. The third-order valence-electron chi connectivity index (χ3n) is 6.59. The highest BCUT2D eigenvalue weighted by Crippen LogP contribution is 2.26. The molecule has 1 aliphatic heterocycles. The molecule has 8 nitrogen and oxygen atoms in total. The van der Waals surface area contributed by atoms with E-state index in [0.717, 1.165) is 83.9 Å². The average molecular weight is 475 g/mol. The summed E-state index contributed by atoms with van der Waals surface area (Å²) in [4.78, 5) is 20.8. The maximum absolute atomic E-state index is 12.8. The molecule has 0 amide bonds. The van der Waals surface area contributed by atoms with Gasteiger partial charge in [-0.05, 0) is 73.6 Å². The standard InChI is InChI=1S/C27H30N4O4/c1-33-21-11-18(12-22(16-21)34-2)3-5-20-15-25(31-30-20)27-28-23-6-4-19(14-24(23)29-27)26(32)13-17-7-9-35-10-8-17/h4,6,11-12,14-17H,3,5,7-10,13H2,1-2H3,(H,28,29)(H,30,31). The van der Waals surface area contributed by atoms with Gasteiger partial charge in [-0.15, -0.1) is 0 Å². The van der Waals surface area contributed by atoms with Crippen molar-refractivity contribution in [1.29, 1.82) is 0 Å². The zero-order chi connectivity index (χ0) is 24.2. The van der Waals surface area contributed by atoms with E-state index in [1.165, 1.54) is 0 Å². The number of rotatable bonds is 9. The maximum atomic E-state index is 12.8. The lowest BCUT2D eigenvalue weighted by Gasteiger charge is -2.21. The molecule has 3 heterocycles. The molecule has 182 valence electrons. The van der Waals surface area contributed by atoms with Gasteiger partial charge in [0.2, 0.25) is 0 Å². The molecule has 4 aromatic rings. The Labute approximate surface area is 204 Å². The summed E-state index contributed by atoms with van der Waals surface area (Å²) in [5, 5.41) is 7.56. The number of carbonyl (C=O) groups is 1. The highest BCUT2D eigenvalue weighted by atomic mass is 16.5. The van der Waals surface area contributed by atoms with Gasteiger partial charge in [0.05, 0.1) is 25.3 Å². The van der Waals surface area contributed by atoms with Gasteiger partial charge in [0.25, 0.3) is 0 Å². The Balaban J connectivity index is 1.27. The van der Waals surface area contributed by atoms with E-state index in [9.17, 15) is 4.79 Å².